The minimum atomic E-state index is -1.01. The zero-order valence-corrected chi connectivity index (χ0v) is 12.9. The number of rotatable bonds is 4. The molecule has 7 heteroatoms. The molecule has 0 saturated carbocycles. The third kappa shape index (κ3) is 2.50. The lowest BCUT2D eigenvalue weighted by atomic mass is 9.89. The lowest BCUT2D eigenvalue weighted by Crippen LogP contribution is -2.40. The van der Waals surface area contributed by atoms with Crippen molar-refractivity contribution < 1.29 is 34.0 Å². The SMILES string of the molecule is COc1cc2c(c(O)c1C[C@H](O)[C@]1(C)CCC(=O)O1)COC2=O. The number of hydrogen-bond donors (Lipinski definition) is 2. The molecular formula is C16H18O7. The Bertz CT molecular complexity index is 681. The molecule has 124 valence electrons. The van der Waals surface area contributed by atoms with Gasteiger partial charge in [0, 0.05) is 24.0 Å². The van der Waals surface area contributed by atoms with E-state index in [1.165, 1.54) is 13.2 Å². The number of benzene rings is 1. The second-order valence-electron chi connectivity index (χ2n) is 6.01. The van der Waals surface area contributed by atoms with E-state index < -0.39 is 17.7 Å². The number of aliphatic hydroxyl groups excluding tert-OH is 1. The van der Waals surface area contributed by atoms with Gasteiger partial charge in [0.15, 0.2) is 0 Å². The summed E-state index contributed by atoms with van der Waals surface area (Å²) >= 11 is 0. The van der Waals surface area contributed by atoms with Crippen LogP contribution in [0.5, 0.6) is 11.5 Å². The van der Waals surface area contributed by atoms with E-state index in [0.29, 0.717) is 17.5 Å². The number of fused-ring (bicyclic) bond motifs is 1. The predicted molar refractivity (Wildman–Crippen MR) is 77.2 cm³/mol. The van der Waals surface area contributed by atoms with Crippen LogP contribution in [0.1, 0.15) is 41.3 Å². The normalized spacial score (nSPS) is 24.1. The first kappa shape index (κ1) is 15.6. The van der Waals surface area contributed by atoms with E-state index in [9.17, 15) is 19.8 Å². The highest BCUT2D eigenvalue weighted by Gasteiger charge is 2.43. The fourth-order valence-electron chi connectivity index (χ4n) is 3.01. The Kier molecular flexibility index (Phi) is 3.68. The van der Waals surface area contributed by atoms with E-state index in [2.05, 4.69) is 0 Å². The minimum Gasteiger partial charge on any atom is -0.507 e. The van der Waals surface area contributed by atoms with Crippen molar-refractivity contribution in [3.8, 4) is 11.5 Å². The summed E-state index contributed by atoms with van der Waals surface area (Å²) in [7, 11) is 1.41. The fourth-order valence-corrected chi connectivity index (χ4v) is 3.01. The molecule has 0 bridgehead atoms. The molecule has 2 N–H and O–H groups in total. The lowest BCUT2D eigenvalue weighted by Gasteiger charge is -2.29. The molecule has 23 heavy (non-hydrogen) atoms. The third-order valence-electron chi connectivity index (χ3n) is 4.53. The Morgan fingerprint density at radius 1 is 1.43 bits per heavy atom. The van der Waals surface area contributed by atoms with Crippen LogP contribution in [0.3, 0.4) is 0 Å². The molecule has 1 saturated heterocycles. The van der Waals surface area contributed by atoms with Crippen molar-refractivity contribution in [2.24, 2.45) is 0 Å². The Morgan fingerprint density at radius 2 is 2.17 bits per heavy atom. The molecule has 2 aliphatic rings. The molecule has 0 unspecified atom stereocenters. The number of aliphatic hydroxyl groups is 1. The molecule has 2 atom stereocenters. The van der Waals surface area contributed by atoms with Crippen molar-refractivity contribution in [1.29, 1.82) is 0 Å². The van der Waals surface area contributed by atoms with Crippen LogP contribution in [0.2, 0.25) is 0 Å². The first-order valence-corrected chi connectivity index (χ1v) is 7.34. The van der Waals surface area contributed by atoms with Gasteiger partial charge in [-0.3, -0.25) is 4.79 Å². The number of esters is 2. The van der Waals surface area contributed by atoms with Gasteiger partial charge in [-0.25, -0.2) is 4.79 Å². The Labute approximate surface area is 132 Å². The molecule has 0 radical (unpaired) electrons. The van der Waals surface area contributed by atoms with Crippen LogP contribution in [0, 0.1) is 0 Å². The van der Waals surface area contributed by atoms with Gasteiger partial charge in [-0.05, 0) is 19.4 Å². The van der Waals surface area contributed by atoms with E-state index in [1.54, 1.807) is 6.92 Å². The monoisotopic (exact) mass is 322 g/mol. The molecule has 1 fully saturated rings. The van der Waals surface area contributed by atoms with Crippen LogP contribution < -0.4 is 4.74 Å². The maximum absolute atomic E-state index is 11.6. The van der Waals surface area contributed by atoms with E-state index in [1.807, 2.05) is 0 Å². The first-order chi connectivity index (χ1) is 10.9. The van der Waals surface area contributed by atoms with Crippen molar-refractivity contribution in [2.45, 2.75) is 44.5 Å². The highest BCUT2D eigenvalue weighted by atomic mass is 16.6. The van der Waals surface area contributed by atoms with Gasteiger partial charge in [0.2, 0.25) is 0 Å². The summed E-state index contributed by atoms with van der Waals surface area (Å²) in [5.41, 5.74) is 0.00347. The molecule has 7 nitrogen and oxygen atoms in total. The standard InChI is InChI=1S/C16H18O7/c1-16(4-3-13(18)23-16)12(17)6-9-11(21-2)5-8-10(14(9)19)7-22-15(8)20/h5,12,17,19H,3-4,6-7H2,1-2H3/t12-,16-/m0/s1. The quantitative estimate of drug-likeness (QED) is 0.799. The molecule has 2 aliphatic heterocycles. The highest BCUT2D eigenvalue weighted by Crippen LogP contribution is 2.40. The van der Waals surface area contributed by atoms with E-state index in [-0.39, 0.29) is 42.5 Å². The van der Waals surface area contributed by atoms with Gasteiger partial charge in [0.25, 0.3) is 0 Å². The summed E-state index contributed by atoms with van der Waals surface area (Å²) in [6, 6.07) is 1.50. The van der Waals surface area contributed by atoms with E-state index >= 15 is 0 Å². The van der Waals surface area contributed by atoms with Crippen molar-refractivity contribution in [2.75, 3.05) is 7.11 Å². The van der Waals surface area contributed by atoms with Gasteiger partial charge in [0.05, 0.1) is 18.8 Å². The number of carbonyl (C=O) groups is 2. The number of phenols is 1. The predicted octanol–water partition coefficient (Wildman–Crippen LogP) is 1.07. The Balaban J connectivity index is 1.94. The van der Waals surface area contributed by atoms with Crippen LogP contribution in [0.15, 0.2) is 6.07 Å². The summed E-state index contributed by atoms with van der Waals surface area (Å²) in [4.78, 5) is 23.0. The van der Waals surface area contributed by atoms with Gasteiger partial charge < -0.3 is 24.4 Å². The summed E-state index contributed by atoms with van der Waals surface area (Å²) in [5, 5.41) is 20.9. The summed E-state index contributed by atoms with van der Waals surface area (Å²) in [6.45, 7) is 1.64. The average Bonchev–Trinajstić information content (AvgIpc) is 3.06. The van der Waals surface area contributed by atoms with Crippen LogP contribution in [-0.4, -0.2) is 41.0 Å². The van der Waals surface area contributed by atoms with E-state index in [0.717, 1.165) is 0 Å². The number of hydrogen-bond acceptors (Lipinski definition) is 7. The highest BCUT2D eigenvalue weighted by molar-refractivity contribution is 5.95. The van der Waals surface area contributed by atoms with Crippen LogP contribution in [0.25, 0.3) is 0 Å². The molecule has 2 heterocycles. The molecule has 1 aromatic carbocycles. The Morgan fingerprint density at radius 3 is 2.78 bits per heavy atom. The fraction of sp³-hybridized carbons (Fsp3) is 0.500. The maximum Gasteiger partial charge on any atom is 0.339 e. The number of ether oxygens (including phenoxy) is 3. The molecular weight excluding hydrogens is 304 g/mol. The number of phenolic OH excluding ortho intramolecular Hbond substituents is 1. The van der Waals surface area contributed by atoms with Gasteiger partial charge >= 0.3 is 11.9 Å². The molecule has 0 spiro atoms. The maximum atomic E-state index is 11.6. The minimum absolute atomic E-state index is 0.0145. The van der Waals surface area contributed by atoms with Crippen molar-refractivity contribution in [1.82, 2.24) is 0 Å². The summed E-state index contributed by atoms with van der Waals surface area (Å²) < 4.78 is 15.4. The van der Waals surface area contributed by atoms with Crippen LogP contribution in [-0.2, 0) is 27.3 Å². The average molecular weight is 322 g/mol. The summed E-state index contributed by atoms with van der Waals surface area (Å²) in [5.74, 6) is -0.711. The largest absolute Gasteiger partial charge is 0.507 e. The third-order valence-corrected chi connectivity index (χ3v) is 4.53. The Hall–Kier alpha value is -2.28. The lowest BCUT2D eigenvalue weighted by molar-refractivity contribution is -0.156. The zero-order chi connectivity index (χ0) is 16.8. The second-order valence-corrected chi connectivity index (χ2v) is 6.01. The van der Waals surface area contributed by atoms with Gasteiger partial charge in [-0.2, -0.15) is 0 Å². The van der Waals surface area contributed by atoms with Crippen LogP contribution in [0.4, 0.5) is 0 Å². The van der Waals surface area contributed by atoms with Crippen molar-refractivity contribution in [3.05, 3.63) is 22.8 Å². The number of carbonyl (C=O) groups excluding carboxylic acids is 2. The molecule has 0 aliphatic carbocycles. The van der Waals surface area contributed by atoms with Gasteiger partial charge in [0.1, 0.15) is 23.7 Å². The van der Waals surface area contributed by atoms with E-state index in [4.69, 9.17) is 14.2 Å². The molecule has 1 aromatic rings. The number of aromatic hydroxyl groups is 1. The van der Waals surface area contributed by atoms with Gasteiger partial charge in [-0.15, -0.1) is 0 Å². The molecule has 0 aromatic heterocycles. The summed E-state index contributed by atoms with van der Waals surface area (Å²) in [6.07, 6.45) is -0.323. The number of methoxy groups -OCH3 is 1. The second kappa shape index (κ2) is 5.42. The smallest absolute Gasteiger partial charge is 0.339 e. The topological polar surface area (TPSA) is 102 Å². The first-order valence-electron chi connectivity index (χ1n) is 7.34. The zero-order valence-electron chi connectivity index (χ0n) is 12.9. The number of cyclic esters (lactones) is 2. The van der Waals surface area contributed by atoms with Crippen molar-refractivity contribution in [3.63, 3.8) is 0 Å². The van der Waals surface area contributed by atoms with Gasteiger partial charge in [-0.1, -0.05) is 0 Å². The van der Waals surface area contributed by atoms with Crippen LogP contribution >= 0.6 is 0 Å². The molecule has 3 rings (SSSR count). The molecule has 0 amide bonds. The van der Waals surface area contributed by atoms with Crippen molar-refractivity contribution >= 4 is 11.9 Å².